The lowest BCUT2D eigenvalue weighted by molar-refractivity contribution is -0.274. The molecule has 3 aliphatic heterocycles. The van der Waals surface area contributed by atoms with Crippen LogP contribution in [0.15, 0.2) is 36.2 Å². The zero-order valence-corrected chi connectivity index (χ0v) is 17.7. The van der Waals surface area contributed by atoms with Gasteiger partial charge in [0.1, 0.15) is 12.4 Å². The van der Waals surface area contributed by atoms with E-state index in [1.807, 2.05) is 0 Å². The van der Waals surface area contributed by atoms with Gasteiger partial charge in [-0.3, -0.25) is 0 Å². The highest BCUT2D eigenvalue weighted by Gasteiger charge is 2.47. The van der Waals surface area contributed by atoms with Crippen LogP contribution in [0, 0.1) is 5.41 Å². The first kappa shape index (κ1) is 22.8. The minimum Gasteiger partial charge on any atom is -0.445 e. The van der Waals surface area contributed by atoms with Gasteiger partial charge in [-0.1, -0.05) is 12.1 Å². The summed E-state index contributed by atoms with van der Waals surface area (Å²) in [5, 5.41) is 2.85. The predicted octanol–water partition coefficient (Wildman–Crippen LogP) is 1.78. The molecule has 33 heavy (non-hydrogen) atoms. The molecular weight excluding hydrogens is 445 g/mol. The molecule has 1 aromatic rings. The summed E-state index contributed by atoms with van der Waals surface area (Å²) < 4.78 is 45.7. The average molecular weight is 470 g/mol. The van der Waals surface area contributed by atoms with Crippen molar-refractivity contribution >= 4 is 12.1 Å². The lowest BCUT2D eigenvalue weighted by Crippen LogP contribution is -2.64. The topological polar surface area (TPSA) is 107 Å². The van der Waals surface area contributed by atoms with Crippen molar-refractivity contribution in [1.29, 1.82) is 0 Å². The molecule has 180 valence electrons. The molecule has 3 heterocycles. The van der Waals surface area contributed by atoms with Crippen LogP contribution in [0.3, 0.4) is 0 Å². The van der Waals surface area contributed by atoms with Crippen molar-refractivity contribution in [3.05, 3.63) is 41.7 Å². The molecule has 2 saturated heterocycles. The quantitative estimate of drug-likeness (QED) is 0.520. The molecule has 4 rings (SSSR count). The van der Waals surface area contributed by atoms with Crippen molar-refractivity contribution in [3.8, 4) is 5.75 Å². The van der Waals surface area contributed by atoms with Crippen molar-refractivity contribution in [3.63, 3.8) is 0 Å². The van der Waals surface area contributed by atoms with E-state index in [2.05, 4.69) is 26.4 Å². The Morgan fingerprint density at radius 2 is 1.79 bits per heavy atom. The van der Waals surface area contributed by atoms with Crippen LogP contribution in [0.2, 0.25) is 0 Å². The van der Waals surface area contributed by atoms with Crippen LogP contribution < -0.4 is 26.4 Å². The van der Waals surface area contributed by atoms with Gasteiger partial charge in [0.05, 0.1) is 12.2 Å². The maximum absolute atomic E-state index is 12.4. The molecule has 3 aliphatic rings. The summed E-state index contributed by atoms with van der Waals surface area (Å²) in [6.07, 6.45) is -1.94. The molecule has 0 unspecified atom stereocenters. The van der Waals surface area contributed by atoms with Crippen LogP contribution in [0.25, 0.3) is 0 Å². The van der Waals surface area contributed by atoms with E-state index in [4.69, 9.17) is 4.74 Å². The van der Waals surface area contributed by atoms with Gasteiger partial charge in [0.25, 0.3) is 0 Å². The van der Waals surface area contributed by atoms with Crippen LogP contribution in [0.5, 0.6) is 5.75 Å². The van der Waals surface area contributed by atoms with Crippen molar-refractivity contribution in [2.45, 2.75) is 25.8 Å². The number of nitrogens with one attached hydrogen (secondary N) is 4. The maximum atomic E-state index is 12.4. The molecule has 0 radical (unpaired) electrons. The Hall–Kier alpha value is -3.35. The predicted molar refractivity (Wildman–Crippen MR) is 109 cm³/mol. The second-order valence-electron chi connectivity index (χ2n) is 8.31. The van der Waals surface area contributed by atoms with Gasteiger partial charge in [0.15, 0.2) is 0 Å². The van der Waals surface area contributed by atoms with E-state index in [0.29, 0.717) is 38.3 Å². The zero-order valence-electron chi connectivity index (χ0n) is 17.7. The Morgan fingerprint density at radius 3 is 2.39 bits per heavy atom. The molecule has 4 N–H and O–H groups in total. The number of carbonyl (C=O) groups excluding carboxylic acids is 2. The molecule has 3 amide bonds. The third kappa shape index (κ3) is 5.92. The molecule has 10 nitrogen and oxygen atoms in total. The molecule has 0 saturated carbocycles. The number of nitrogens with zero attached hydrogens (tertiary/aromatic N) is 2. The number of rotatable bonds is 5. The monoisotopic (exact) mass is 470 g/mol. The number of ether oxygens (including phenoxy) is 2. The van der Waals surface area contributed by atoms with Crippen LogP contribution >= 0.6 is 0 Å². The summed E-state index contributed by atoms with van der Waals surface area (Å²) in [6.45, 7) is 2.70. The van der Waals surface area contributed by atoms with E-state index < -0.39 is 12.5 Å². The summed E-state index contributed by atoms with van der Waals surface area (Å²) in [6, 6.07) is 5.06. The van der Waals surface area contributed by atoms with Crippen LogP contribution in [-0.2, 0) is 11.3 Å². The Bertz CT molecular complexity index is 892. The minimum absolute atomic E-state index is 0.0242. The molecule has 2 fully saturated rings. The Balaban J connectivity index is 1.15. The van der Waals surface area contributed by atoms with Gasteiger partial charge in [-0.15, -0.1) is 13.2 Å². The molecule has 0 bridgehead atoms. The number of benzene rings is 1. The normalized spacial score (nSPS) is 19.2. The van der Waals surface area contributed by atoms with Crippen molar-refractivity contribution < 1.29 is 32.2 Å². The van der Waals surface area contributed by atoms with Gasteiger partial charge in [-0.05, 0) is 30.5 Å². The van der Waals surface area contributed by atoms with Gasteiger partial charge in [-0.2, -0.15) is 5.53 Å². The van der Waals surface area contributed by atoms with Crippen LogP contribution in [0.1, 0.15) is 18.4 Å². The third-order valence-electron chi connectivity index (χ3n) is 5.91. The second-order valence-corrected chi connectivity index (χ2v) is 8.31. The highest BCUT2D eigenvalue weighted by Crippen LogP contribution is 2.40. The molecule has 0 aliphatic carbocycles. The number of carbonyl (C=O) groups is 2. The first-order chi connectivity index (χ1) is 15.7. The summed E-state index contributed by atoms with van der Waals surface area (Å²) >= 11 is 0. The second kappa shape index (κ2) is 9.25. The molecule has 0 atom stereocenters. The van der Waals surface area contributed by atoms with E-state index in [1.54, 1.807) is 16.0 Å². The fourth-order valence-electron chi connectivity index (χ4n) is 4.06. The van der Waals surface area contributed by atoms with Gasteiger partial charge in [0.2, 0.25) is 0 Å². The number of hydrogen-bond acceptors (Lipinski definition) is 7. The number of alkyl halides is 3. The van der Waals surface area contributed by atoms with E-state index in [1.165, 1.54) is 24.3 Å². The third-order valence-corrected chi connectivity index (χ3v) is 5.91. The fraction of sp³-hybridized carbons (Fsp3) is 0.500. The van der Waals surface area contributed by atoms with Crippen LogP contribution in [0.4, 0.5) is 22.8 Å². The molecule has 13 heteroatoms. The van der Waals surface area contributed by atoms with E-state index in [0.717, 1.165) is 18.5 Å². The number of piperidine rings is 1. The van der Waals surface area contributed by atoms with E-state index in [9.17, 15) is 22.8 Å². The maximum Gasteiger partial charge on any atom is 0.573 e. The summed E-state index contributed by atoms with van der Waals surface area (Å²) in [4.78, 5) is 28.0. The van der Waals surface area contributed by atoms with Crippen molar-refractivity contribution in [2.75, 3.05) is 32.7 Å². The number of likely N-dealkylation sites (tertiary alicyclic amines) is 2. The lowest BCUT2D eigenvalue weighted by Gasteiger charge is -2.53. The average Bonchev–Trinajstić information content (AvgIpc) is 3.28. The molecule has 1 spiro atoms. The van der Waals surface area contributed by atoms with Crippen molar-refractivity contribution in [1.82, 2.24) is 31.5 Å². The van der Waals surface area contributed by atoms with Gasteiger partial charge < -0.3 is 35.4 Å². The summed E-state index contributed by atoms with van der Waals surface area (Å²) in [5.41, 5.74) is 9.74. The van der Waals surface area contributed by atoms with Gasteiger partial charge >= 0.3 is 18.5 Å². The highest BCUT2D eigenvalue weighted by atomic mass is 19.4. The number of urea groups is 1. The molecule has 0 aromatic heterocycles. The lowest BCUT2D eigenvalue weighted by atomic mass is 9.72. The number of hydrogen-bond donors (Lipinski definition) is 4. The fourth-order valence-corrected chi connectivity index (χ4v) is 4.06. The molecule has 1 aromatic carbocycles. The number of amides is 3. The Kier molecular flexibility index (Phi) is 6.40. The smallest absolute Gasteiger partial charge is 0.445 e. The number of hydrazine groups is 2. The first-order valence-electron chi connectivity index (χ1n) is 10.5. The van der Waals surface area contributed by atoms with Crippen molar-refractivity contribution in [2.24, 2.45) is 5.41 Å². The van der Waals surface area contributed by atoms with E-state index in [-0.39, 0.29) is 23.8 Å². The Morgan fingerprint density at radius 1 is 1.09 bits per heavy atom. The molecular formula is C20H25F3N6O4. The zero-order chi connectivity index (χ0) is 23.5. The first-order valence-corrected chi connectivity index (χ1v) is 10.5. The minimum atomic E-state index is -4.75. The van der Waals surface area contributed by atoms with Gasteiger partial charge in [0, 0.05) is 37.8 Å². The number of halogens is 3. The largest absolute Gasteiger partial charge is 0.573 e. The van der Waals surface area contributed by atoms with Crippen LogP contribution in [-0.4, -0.2) is 61.0 Å². The standard InChI is InChI=1S/C20H25F3N6O4/c21-20(22,23)33-16-3-1-14(2-4-16)11-32-18(31)28-7-5-19(6-8-28)12-29(13-19)17(30)24-9-15-10-25-27-26-15/h1-4,10,25-27H,5-9,11-13H2,(H,24,30). The highest BCUT2D eigenvalue weighted by molar-refractivity contribution is 5.75. The van der Waals surface area contributed by atoms with E-state index >= 15 is 0 Å². The van der Waals surface area contributed by atoms with Gasteiger partial charge in [-0.25, -0.2) is 9.59 Å². The SMILES string of the molecule is O=C(NCC1=CNNN1)N1CC2(CCN(C(=O)OCc3ccc(OC(F)(F)F)cc3)CC2)C1. The Labute approximate surface area is 188 Å². The summed E-state index contributed by atoms with van der Waals surface area (Å²) in [5.74, 6) is -0.330. The summed E-state index contributed by atoms with van der Waals surface area (Å²) in [7, 11) is 0.